The summed E-state index contributed by atoms with van der Waals surface area (Å²) in [6.45, 7) is 2.46. The van der Waals surface area contributed by atoms with Crippen molar-refractivity contribution in [2.24, 2.45) is 5.92 Å². The Morgan fingerprint density at radius 3 is 2.47 bits per heavy atom. The number of imidazole rings is 1. The lowest BCUT2D eigenvalue weighted by Crippen LogP contribution is -2.31. The van der Waals surface area contributed by atoms with E-state index in [1.165, 1.54) is 11.0 Å². The van der Waals surface area contributed by atoms with Crippen molar-refractivity contribution in [3.63, 3.8) is 0 Å². The van der Waals surface area contributed by atoms with Gasteiger partial charge < -0.3 is 0 Å². The summed E-state index contributed by atoms with van der Waals surface area (Å²) in [4.78, 5) is 26.7. The molecule has 5 rings (SSSR count). The molecule has 9 heteroatoms. The van der Waals surface area contributed by atoms with Gasteiger partial charge in [0.05, 0.1) is 12.2 Å². The van der Waals surface area contributed by atoms with Gasteiger partial charge in [0, 0.05) is 12.0 Å². The van der Waals surface area contributed by atoms with E-state index in [4.69, 9.17) is 11.6 Å². The van der Waals surface area contributed by atoms with Crippen LogP contribution in [0.1, 0.15) is 74.3 Å². The van der Waals surface area contributed by atoms with Crippen molar-refractivity contribution in [2.45, 2.75) is 71.3 Å². The van der Waals surface area contributed by atoms with E-state index < -0.39 is 0 Å². The summed E-state index contributed by atoms with van der Waals surface area (Å²) >= 11 is 6.72. The van der Waals surface area contributed by atoms with E-state index in [9.17, 15) is 9.59 Å². The maximum absolute atomic E-state index is 13.5. The number of halogens is 1. The molecule has 0 atom stereocenters. The number of nitrogens with one attached hydrogen (secondary N) is 1. The Kier molecular flexibility index (Phi) is 8.17. The van der Waals surface area contributed by atoms with Crippen LogP contribution in [0.3, 0.4) is 0 Å². The van der Waals surface area contributed by atoms with E-state index in [2.05, 4.69) is 27.5 Å². The zero-order valence-corrected chi connectivity index (χ0v) is 22.5. The summed E-state index contributed by atoms with van der Waals surface area (Å²) in [6, 6.07) is 16.0. The highest BCUT2D eigenvalue weighted by molar-refractivity contribution is 6.31. The van der Waals surface area contributed by atoms with Gasteiger partial charge in [-0.25, -0.2) is 9.36 Å². The molecule has 0 spiro atoms. The number of aromatic nitrogens is 6. The topological polar surface area (TPSA) is 98.5 Å². The number of rotatable bonds is 9. The fourth-order valence-electron chi connectivity index (χ4n) is 5.43. The Balaban J connectivity index is 1.42. The number of hydrogen-bond acceptors (Lipinski definition) is 5. The molecule has 2 heterocycles. The Bertz CT molecular complexity index is 1430. The van der Waals surface area contributed by atoms with Gasteiger partial charge in [0.1, 0.15) is 5.15 Å². The number of carbonyl (C=O) groups excluding carboxylic acids is 1. The van der Waals surface area contributed by atoms with E-state index in [0.717, 1.165) is 66.5 Å². The van der Waals surface area contributed by atoms with Crippen LogP contribution >= 0.6 is 11.6 Å². The van der Waals surface area contributed by atoms with Crippen LogP contribution in [0.25, 0.3) is 22.5 Å². The van der Waals surface area contributed by atoms with Crippen molar-refractivity contribution in [1.82, 2.24) is 29.8 Å². The highest BCUT2D eigenvalue weighted by atomic mass is 35.5. The number of carbonyl (C=O) groups is 1. The molecule has 0 unspecified atom stereocenters. The number of aromatic amines is 1. The van der Waals surface area contributed by atoms with Crippen LogP contribution in [0, 0.1) is 5.92 Å². The fourth-order valence-corrected chi connectivity index (χ4v) is 5.79. The van der Waals surface area contributed by atoms with Crippen LogP contribution in [0.2, 0.25) is 5.15 Å². The van der Waals surface area contributed by atoms with Gasteiger partial charge in [0.2, 0.25) is 11.7 Å². The van der Waals surface area contributed by atoms with Gasteiger partial charge in [-0.3, -0.25) is 9.36 Å². The van der Waals surface area contributed by atoms with Crippen molar-refractivity contribution in [3.05, 3.63) is 75.4 Å². The molecular weight excluding hydrogens is 500 g/mol. The first-order valence-corrected chi connectivity index (χ1v) is 13.9. The fraction of sp³-hybridized carbons (Fsp3) is 0.414. The molecular formula is C29H33ClN6O2. The molecule has 0 radical (unpaired) electrons. The number of benzene rings is 2. The van der Waals surface area contributed by atoms with Crippen molar-refractivity contribution < 1.29 is 4.79 Å². The van der Waals surface area contributed by atoms with Gasteiger partial charge in [-0.1, -0.05) is 92.7 Å². The summed E-state index contributed by atoms with van der Waals surface area (Å²) in [5.41, 5.74) is 4.23. The predicted octanol–water partition coefficient (Wildman–Crippen LogP) is 6.15. The van der Waals surface area contributed by atoms with Crippen molar-refractivity contribution >= 4 is 17.5 Å². The molecule has 1 aliphatic rings. The lowest BCUT2D eigenvalue weighted by Gasteiger charge is -2.20. The van der Waals surface area contributed by atoms with Gasteiger partial charge in [-0.05, 0) is 53.5 Å². The summed E-state index contributed by atoms with van der Waals surface area (Å²) in [5, 5.41) is 14.7. The van der Waals surface area contributed by atoms with Gasteiger partial charge in [0.15, 0.2) is 0 Å². The first kappa shape index (κ1) is 26.1. The van der Waals surface area contributed by atoms with Crippen molar-refractivity contribution in [3.8, 4) is 22.5 Å². The second kappa shape index (κ2) is 11.9. The highest BCUT2D eigenvalue weighted by Gasteiger charge is 2.25. The monoisotopic (exact) mass is 532 g/mol. The number of H-pyrrole nitrogens is 1. The minimum absolute atomic E-state index is 0.184. The Morgan fingerprint density at radius 1 is 1.05 bits per heavy atom. The average Bonchev–Trinajstić information content (AvgIpc) is 3.56. The summed E-state index contributed by atoms with van der Waals surface area (Å²) in [7, 11) is 0. The average molecular weight is 533 g/mol. The van der Waals surface area contributed by atoms with Gasteiger partial charge >= 0.3 is 5.69 Å². The molecule has 2 aromatic carbocycles. The van der Waals surface area contributed by atoms with Crippen LogP contribution in [-0.4, -0.2) is 35.7 Å². The lowest BCUT2D eigenvalue weighted by molar-refractivity contribution is 0.0863. The quantitative estimate of drug-likeness (QED) is 0.278. The van der Waals surface area contributed by atoms with E-state index in [0.29, 0.717) is 31.1 Å². The van der Waals surface area contributed by atoms with Crippen LogP contribution in [0.4, 0.5) is 0 Å². The smallest absolute Gasteiger partial charge is 0.290 e. The zero-order valence-electron chi connectivity index (χ0n) is 21.7. The van der Waals surface area contributed by atoms with Crippen LogP contribution in [0.5, 0.6) is 0 Å². The predicted molar refractivity (Wildman–Crippen MR) is 148 cm³/mol. The van der Waals surface area contributed by atoms with Crippen LogP contribution in [-0.2, 0) is 13.0 Å². The maximum Gasteiger partial charge on any atom is 0.336 e. The molecule has 8 nitrogen and oxygen atoms in total. The second-order valence-corrected chi connectivity index (χ2v) is 10.5. The van der Waals surface area contributed by atoms with Gasteiger partial charge in [-0.2, -0.15) is 5.21 Å². The number of tetrazole rings is 1. The first-order chi connectivity index (χ1) is 18.6. The van der Waals surface area contributed by atoms with E-state index in [-0.39, 0.29) is 16.8 Å². The third-order valence-corrected chi connectivity index (χ3v) is 7.89. The largest absolute Gasteiger partial charge is 0.336 e. The summed E-state index contributed by atoms with van der Waals surface area (Å²) < 4.78 is 2.90. The third-order valence-electron chi connectivity index (χ3n) is 7.51. The zero-order chi connectivity index (χ0) is 26.5. The Morgan fingerprint density at radius 2 is 1.79 bits per heavy atom. The first-order valence-electron chi connectivity index (χ1n) is 13.5. The summed E-state index contributed by atoms with van der Waals surface area (Å²) in [5.74, 6) is 0.687. The summed E-state index contributed by atoms with van der Waals surface area (Å²) in [6.07, 6.45) is 8.53. The molecule has 0 bridgehead atoms. The van der Waals surface area contributed by atoms with Crippen LogP contribution in [0.15, 0.2) is 53.3 Å². The standard InChI is InChI=1S/C29H33ClN6O2/c1-2-3-13-25-27(30)36(26(37)18-20-9-5-4-6-10-20)29(38)35(25)19-21-14-16-22(17-15-21)23-11-7-8-12-24(23)28-31-33-34-32-28/h7-8,11-12,14-17,20H,2-6,9-10,13,18-19H2,1H3,(H,31,32,33,34). The van der Waals surface area contributed by atoms with Crippen molar-refractivity contribution in [1.29, 1.82) is 0 Å². The molecule has 0 amide bonds. The molecule has 2 aromatic heterocycles. The molecule has 1 aliphatic carbocycles. The van der Waals surface area contributed by atoms with Gasteiger partial charge in [-0.15, -0.1) is 10.2 Å². The van der Waals surface area contributed by atoms with Gasteiger partial charge in [0.25, 0.3) is 0 Å². The molecule has 198 valence electrons. The highest BCUT2D eigenvalue weighted by Crippen LogP contribution is 2.30. The molecule has 38 heavy (non-hydrogen) atoms. The molecule has 1 saturated carbocycles. The molecule has 1 fully saturated rings. The third kappa shape index (κ3) is 5.50. The number of hydrogen-bond donors (Lipinski definition) is 1. The Hall–Kier alpha value is -3.52. The van der Waals surface area contributed by atoms with Crippen LogP contribution < -0.4 is 5.69 Å². The molecule has 4 aromatic rings. The minimum Gasteiger partial charge on any atom is -0.290 e. The minimum atomic E-state index is -0.339. The Labute approximate surface area is 227 Å². The van der Waals surface area contributed by atoms with E-state index >= 15 is 0 Å². The normalized spacial score (nSPS) is 14.2. The van der Waals surface area contributed by atoms with Crippen molar-refractivity contribution in [2.75, 3.05) is 0 Å². The van der Waals surface area contributed by atoms with E-state index in [1.807, 2.05) is 48.5 Å². The number of unbranched alkanes of at least 4 members (excludes halogenated alkanes) is 1. The second-order valence-electron chi connectivity index (χ2n) is 10.1. The maximum atomic E-state index is 13.5. The lowest BCUT2D eigenvalue weighted by atomic mass is 9.87. The number of nitrogens with zero attached hydrogens (tertiary/aromatic N) is 5. The molecule has 0 saturated heterocycles. The molecule has 0 aliphatic heterocycles. The van der Waals surface area contributed by atoms with E-state index in [1.54, 1.807) is 4.57 Å². The molecule has 1 N–H and O–H groups in total. The SMILES string of the molecule is CCCCc1c(Cl)n(C(=O)CC2CCCCC2)c(=O)n1Cc1ccc(-c2ccccc2-c2nn[nH]n2)cc1.